The third-order valence-electron chi connectivity index (χ3n) is 11.5. The quantitative estimate of drug-likeness (QED) is 0.162. The van der Waals surface area contributed by atoms with Gasteiger partial charge in [-0.05, 0) is 86.0 Å². The van der Waals surface area contributed by atoms with Gasteiger partial charge in [-0.15, -0.1) is 0 Å². The van der Waals surface area contributed by atoms with Crippen LogP contribution in [0.15, 0.2) is 126 Å². The van der Waals surface area contributed by atoms with Crippen molar-refractivity contribution in [2.24, 2.45) is 0 Å². The minimum absolute atomic E-state index is 0.0461. The Morgan fingerprint density at radius 3 is 1.53 bits per heavy atom. The lowest BCUT2D eigenvalue weighted by atomic mass is 9.91. The van der Waals surface area contributed by atoms with Gasteiger partial charge in [0.2, 0.25) is 0 Å². The zero-order valence-corrected chi connectivity index (χ0v) is 34.4. The number of benzene rings is 5. The van der Waals surface area contributed by atoms with Crippen LogP contribution in [0.4, 0.5) is 23.0 Å². The first-order valence-corrected chi connectivity index (χ1v) is 20.3. The van der Waals surface area contributed by atoms with Gasteiger partial charge in [-0.2, -0.15) is 10.5 Å². The van der Waals surface area contributed by atoms with Gasteiger partial charge < -0.3 is 5.11 Å². The smallest absolute Gasteiger partial charge is 0.183 e. The van der Waals surface area contributed by atoms with Gasteiger partial charge in [0.15, 0.2) is 11.6 Å². The van der Waals surface area contributed by atoms with Gasteiger partial charge in [0.25, 0.3) is 0 Å². The van der Waals surface area contributed by atoms with Crippen LogP contribution in [-0.2, 0) is 0 Å². The molecule has 288 valence electrons. The van der Waals surface area contributed by atoms with Crippen molar-refractivity contribution in [2.45, 2.75) is 85.2 Å². The molecule has 7 nitrogen and oxygen atoms in total. The second-order valence-electron chi connectivity index (χ2n) is 16.5. The number of allylic oxidation sites excluding steroid dienone is 3. The van der Waals surface area contributed by atoms with Crippen molar-refractivity contribution in [3.8, 4) is 12.1 Å². The van der Waals surface area contributed by atoms with Crippen LogP contribution in [0.1, 0.15) is 119 Å². The van der Waals surface area contributed by atoms with E-state index in [9.17, 15) is 15.6 Å². The van der Waals surface area contributed by atoms with Crippen molar-refractivity contribution in [3.05, 3.63) is 160 Å². The van der Waals surface area contributed by atoms with Crippen molar-refractivity contribution in [1.29, 1.82) is 10.5 Å². The van der Waals surface area contributed by atoms with Gasteiger partial charge in [0, 0.05) is 11.1 Å². The lowest BCUT2D eigenvalue weighted by Gasteiger charge is -2.32. The molecule has 5 aromatic carbocycles. The van der Waals surface area contributed by atoms with Crippen molar-refractivity contribution < 1.29 is 5.11 Å². The molecular weight excluding hydrogens is 713 g/mol. The van der Waals surface area contributed by atoms with E-state index in [0.717, 1.165) is 39.0 Å². The maximum absolute atomic E-state index is 12.4. The van der Waals surface area contributed by atoms with E-state index < -0.39 is 6.10 Å². The third-order valence-corrected chi connectivity index (χ3v) is 11.5. The van der Waals surface area contributed by atoms with Gasteiger partial charge >= 0.3 is 0 Å². The molecule has 0 amide bonds. The lowest BCUT2D eigenvalue weighted by Crippen LogP contribution is -2.26. The van der Waals surface area contributed by atoms with Gasteiger partial charge in [-0.25, -0.2) is 9.97 Å². The van der Waals surface area contributed by atoms with Gasteiger partial charge in [0.1, 0.15) is 29.6 Å². The Morgan fingerprint density at radius 2 is 1.07 bits per heavy atom. The summed E-state index contributed by atoms with van der Waals surface area (Å²) in [5.41, 5.74) is 10.6. The molecule has 0 saturated heterocycles. The maximum atomic E-state index is 12.4. The molecule has 0 radical (unpaired) electrons. The topological polar surface area (TPSA) is 100 Å². The molecule has 1 aromatic heterocycles. The zero-order chi connectivity index (χ0) is 41.0. The summed E-state index contributed by atoms with van der Waals surface area (Å²) in [6, 6.07) is 37.2. The van der Waals surface area contributed by atoms with Gasteiger partial charge in [-0.3, -0.25) is 9.80 Å². The molecule has 1 aliphatic heterocycles. The largest absolute Gasteiger partial charge is 0.384 e. The molecule has 0 bridgehead atoms. The zero-order valence-electron chi connectivity index (χ0n) is 34.4. The number of rotatable bonds is 7. The highest BCUT2D eigenvalue weighted by atomic mass is 16.3. The predicted molar refractivity (Wildman–Crippen MR) is 236 cm³/mol. The average Bonchev–Trinajstić information content (AvgIpc) is 3.68. The first-order chi connectivity index (χ1) is 28.0. The Morgan fingerprint density at radius 1 is 0.603 bits per heavy atom. The lowest BCUT2D eigenvalue weighted by molar-refractivity contribution is 0.226. The summed E-state index contributed by atoms with van der Waals surface area (Å²) in [5, 5.41) is 34.9. The highest BCUT2D eigenvalue weighted by Crippen LogP contribution is 2.55. The number of hydrogen-bond acceptors (Lipinski definition) is 7. The maximum Gasteiger partial charge on any atom is 0.183 e. The van der Waals surface area contributed by atoms with Crippen LogP contribution in [0.2, 0.25) is 0 Å². The molecule has 58 heavy (non-hydrogen) atoms. The molecule has 0 spiro atoms. The Hall–Kier alpha value is -6.54. The minimum Gasteiger partial charge on any atom is -0.384 e. The van der Waals surface area contributed by atoms with Crippen LogP contribution in [0.25, 0.3) is 27.4 Å². The first-order valence-electron chi connectivity index (χ1n) is 20.3. The van der Waals surface area contributed by atoms with Crippen molar-refractivity contribution in [3.63, 3.8) is 0 Å². The summed E-state index contributed by atoms with van der Waals surface area (Å²) in [4.78, 5) is 15.4. The second kappa shape index (κ2) is 15.1. The van der Waals surface area contributed by atoms with E-state index in [-0.39, 0.29) is 29.2 Å². The number of nitrogens with zero attached hydrogens (tertiary/aromatic N) is 6. The Labute approximate surface area is 341 Å². The van der Waals surface area contributed by atoms with E-state index in [1.807, 2.05) is 72.8 Å². The van der Waals surface area contributed by atoms with Crippen LogP contribution in [0.5, 0.6) is 0 Å². The average molecular weight is 761 g/mol. The van der Waals surface area contributed by atoms with Crippen LogP contribution >= 0.6 is 0 Å². The van der Waals surface area contributed by atoms with Crippen molar-refractivity contribution >= 4 is 50.4 Å². The fraction of sp³-hybridized carbons (Fsp3) is 0.255. The second-order valence-corrected chi connectivity index (χ2v) is 16.5. The van der Waals surface area contributed by atoms with E-state index >= 15 is 0 Å². The molecular formula is C51H48N6O. The fourth-order valence-corrected chi connectivity index (χ4v) is 8.74. The fourth-order valence-electron chi connectivity index (χ4n) is 8.74. The van der Waals surface area contributed by atoms with Crippen LogP contribution in [0.3, 0.4) is 0 Å². The summed E-state index contributed by atoms with van der Waals surface area (Å²) < 4.78 is 0. The first kappa shape index (κ1) is 38.3. The molecule has 0 fully saturated rings. The molecule has 0 saturated carbocycles. The van der Waals surface area contributed by atoms with E-state index in [2.05, 4.69) is 114 Å². The van der Waals surface area contributed by atoms with E-state index in [4.69, 9.17) is 9.97 Å². The number of aliphatic hydroxyl groups excluding tert-OH is 1. The summed E-state index contributed by atoms with van der Waals surface area (Å²) in [6.07, 6.45) is 2.86. The van der Waals surface area contributed by atoms with E-state index in [0.29, 0.717) is 33.9 Å². The number of aromatic nitrogens is 2. The molecule has 1 aliphatic carbocycles. The third kappa shape index (κ3) is 6.15. The number of hydrogen-bond donors (Lipinski definition) is 1. The summed E-state index contributed by atoms with van der Waals surface area (Å²) in [5.74, 6) is 2.90. The van der Waals surface area contributed by atoms with Crippen LogP contribution < -0.4 is 9.80 Å². The predicted octanol–water partition coefficient (Wildman–Crippen LogP) is 12.9. The summed E-state index contributed by atoms with van der Waals surface area (Å²) in [7, 11) is 0. The molecule has 8 rings (SSSR count). The number of aliphatic hydroxyl groups is 1. The molecule has 1 N–H and O–H groups in total. The number of para-hydroxylation sites is 4. The highest BCUT2D eigenvalue weighted by Gasteiger charge is 2.42. The molecule has 6 aromatic rings. The van der Waals surface area contributed by atoms with Gasteiger partial charge in [-0.1, -0.05) is 146 Å². The normalized spacial score (nSPS) is 15.6. The van der Waals surface area contributed by atoms with Crippen molar-refractivity contribution in [2.75, 3.05) is 9.80 Å². The van der Waals surface area contributed by atoms with E-state index in [1.165, 1.54) is 22.3 Å². The Kier molecular flexibility index (Phi) is 9.97. The SMILES string of the molecule is CC(C)c1cccc(C(C)C)c1N1C(=C/C=C2/C(=C(C#N)C#N)c3ccc4ccccc4c3C2O)N(c2c(C(C)C)cccc2C(C)C)c2nc3ccccc3nc21. The van der Waals surface area contributed by atoms with E-state index in [1.54, 1.807) is 0 Å². The Balaban J connectivity index is 1.53. The Bertz CT molecular complexity index is 2630. The highest BCUT2D eigenvalue weighted by molar-refractivity contribution is 6.01. The minimum atomic E-state index is -1.09. The summed E-state index contributed by atoms with van der Waals surface area (Å²) in [6.45, 7) is 17.8. The molecule has 1 unspecified atom stereocenters. The number of fused-ring (bicyclic) bond motifs is 5. The van der Waals surface area contributed by atoms with Gasteiger partial charge in [0.05, 0.1) is 22.4 Å². The summed E-state index contributed by atoms with van der Waals surface area (Å²) >= 11 is 0. The molecule has 2 heterocycles. The van der Waals surface area contributed by atoms with Crippen LogP contribution in [-0.4, -0.2) is 15.1 Å². The standard InChI is InChI=1S/C51H48N6O/c1-29(2)35-17-13-18-36(30(3)4)47(35)56-44(26-25-41-45(34(27-52)28-53)40-24-23-33-15-9-10-16-39(33)46(40)49(41)58)57(48-37(31(5)6)19-14-20-38(48)32(7)8)51-50(56)54-42-21-11-12-22-43(42)55-51/h9-26,29-32,49,58H,1-8H3/b41-25-. The monoisotopic (exact) mass is 760 g/mol. The molecule has 2 aliphatic rings. The number of anilines is 4. The van der Waals surface area contributed by atoms with Crippen LogP contribution in [0, 0.1) is 22.7 Å². The van der Waals surface area contributed by atoms with Crippen molar-refractivity contribution in [1.82, 2.24) is 9.97 Å². The number of nitriles is 2. The molecule has 1 atom stereocenters. The molecule has 7 heteroatoms.